The Morgan fingerprint density at radius 3 is 2.11 bits per heavy atom. The van der Waals surface area contributed by atoms with Crippen molar-refractivity contribution in [3.05, 3.63) is 94.1 Å². The third kappa shape index (κ3) is 7.69. The van der Waals surface area contributed by atoms with Gasteiger partial charge >= 0.3 is 19.5 Å². The lowest BCUT2D eigenvalue weighted by atomic mass is 9.99. The number of alkyl halides is 1. The van der Waals surface area contributed by atoms with Crippen LogP contribution in [0.2, 0.25) is 0 Å². The molecule has 240 valence electrons. The van der Waals surface area contributed by atoms with Crippen molar-refractivity contribution in [2.45, 2.75) is 39.6 Å². The number of esters is 2. The molecule has 0 aliphatic carbocycles. The zero-order valence-corrected chi connectivity index (χ0v) is 25.8. The fourth-order valence-electron chi connectivity index (χ4n) is 3.84. The van der Waals surface area contributed by atoms with Crippen LogP contribution in [0.4, 0.5) is 26.3 Å². The largest absolute Gasteiger partial charge is 0.464 e. The van der Waals surface area contributed by atoms with Crippen molar-refractivity contribution in [3.8, 4) is 11.5 Å². The van der Waals surface area contributed by atoms with Crippen LogP contribution in [-0.2, 0) is 14.1 Å². The third-order valence-corrected chi connectivity index (χ3v) is 9.26. The molecule has 45 heavy (non-hydrogen) atoms. The summed E-state index contributed by atoms with van der Waals surface area (Å²) in [6.07, 6.45) is 0. The summed E-state index contributed by atoms with van der Waals surface area (Å²) in [6, 6.07) is 11.4. The first-order valence-corrected chi connectivity index (χ1v) is 15.7. The molecule has 0 bridgehead atoms. The Labute approximate surface area is 257 Å². The van der Waals surface area contributed by atoms with Crippen molar-refractivity contribution < 1.29 is 54.5 Å². The van der Waals surface area contributed by atoms with E-state index in [2.05, 4.69) is 9.82 Å². The lowest BCUT2D eigenvalue weighted by Gasteiger charge is -2.27. The van der Waals surface area contributed by atoms with Crippen LogP contribution < -0.4 is 14.3 Å². The molecule has 0 spiro atoms. The third-order valence-electron chi connectivity index (χ3n) is 6.04. The SMILES string of the molecule is C[C@H](NP(=O)(Oc1ccccc1)[C@@H](F)c1ccc2sc(C(=O)Oc3c(F)c(F)c(F)c(F)c3F)cc2c1)C(=O)OCC(C)(C)C. The van der Waals surface area contributed by atoms with E-state index in [0.29, 0.717) is 4.70 Å². The van der Waals surface area contributed by atoms with Gasteiger partial charge in [-0.2, -0.15) is 8.78 Å². The summed E-state index contributed by atoms with van der Waals surface area (Å²) in [6.45, 7) is 6.89. The number of carbonyl (C=O) groups is 2. The molecular formula is C30H26F6NO6PS. The predicted molar refractivity (Wildman–Crippen MR) is 155 cm³/mol. The summed E-state index contributed by atoms with van der Waals surface area (Å²) in [4.78, 5) is 24.9. The molecule has 0 fully saturated rings. The Bertz CT molecular complexity index is 1770. The standard InChI is InChI=1S/C30H26F6NO6PS/c1-15(28(38)41-14-30(2,3)4)37-44(40,43-18-8-6-5-7-9-18)27(36)16-10-11-19-17(12-16)13-20(45-19)29(39)42-26-24(34)22(32)21(31)23(33)25(26)35/h5-13,15,27H,14H2,1-4H3,(H,37,40)/t15-,27+,44?/m0/s1. The Morgan fingerprint density at radius 1 is 0.911 bits per heavy atom. The first kappa shape index (κ1) is 34.0. The van der Waals surface area contributed by atoms with E-state index in [1.54, 1.807) is 18.2 Å². The van der Waals surface area contributed by atoms with Crippen LogP contribution >= 0.6 is 18.9 Å². The lowest BCUT2D eigenvalue weighted by Crippen LogP contribution is -2.36. The van der Waals surface area contributed by atoms with Crippen LogP contribution in [0.25, 0.3) is 10.1 Å². The molecule has 0 saturated carbocycles. The number of ether oxygens (including phenoxy) is 2. The van der Waals surface area contributed by atoms with E-state index in [4.69, 9.17) is 9.26 Å². The van der Waals surface area contributed by atoms with Gasteiger partial charge in [0.15, 0.2) is 0 Å². The van der Waals surface area contributed by atoms with E-state index in [1.165, 1.54) is 37.3 Å². The molecule has 0 amide bonds. The number of rotatable bonds is 10. The highest BCUT2D eigenvalue weighted by atomic mass is 32.1. The summed E-state index contributed by atoms with van der Waals surface area (Å²) in [5.74, 6) is -18.0. The summed E-state index contributed by atoms with van der Waals surface area (Å²) < 4.78 is 114. The molecule has 1 aromatic heterocycles. The van der Waals surface area contributed by atoms with Gasteiger partial charge in [-0.25, -0.2) is 27.4 Å². The number of hydrogen-bond donors (Lipinski definition) is 1. The minimum atomic E-state index is -4.58. The van der Waals surface area contributed by atoms with E-state index < -0.39 is 66.2 Å². The predicted octanol–water partition coefficient (Wildman–Crippen LogP) is 8.62. The number of nitrogens with one attached hydrogen (secondary N) is 1. The average Bonchev–Trinajstić information content (AvgIpc) is 3.43. The molecule has 4 aromatic rings. The number of fused-ring (bicyclic) bond motifs is 1. The van der Waals surface area contributed by atoms with Gasteiger partial charge in [-0.3, -0.25) is 9.36 Å². The minimum Gasteiger partial charge on any atom is -0.464 e. The van der Waals surface area contributed by atoms with Crippen LogP contribution in [0, 0.1) is 34.5 Å². The second-order valence-corrected chi connectivity index (χ2v) is 14.2. The monoisotopic (exact) mass is 673 g/mol. The summed E-state index contributed by atoms with van der Waals surface area (Å²) in [5, 5.41) is 2.64. The molecule has 3 aromatic carbocycles. The topological polar surface area (TPSA) is 90.9 Å². The van der Waals surface area contributed by atoms with Gasteiger partial charge in [0.1, 0.15) is 16.7 Å². The molecule has 3 atom stereocenters. The molecule has 1 N–H and O–H groups in total. The summed E-state index contributed by atoms with van der Waals surface area (Å²) in [7, 11) is -4.58. The summed E-state index contributed by atoms with van der Waals surface area (Å²) in [5.41, 5.74) is -0.556. The summed E-state index contributed by atoms with van der Waals surface area (Å²) >= 11 is 0.720. The molecule has 1 heterocycles. The fraction of sp³-hybridized carbons (Fsp3) is 0.267. The van der Waals surface area contributed by atoms with Gasteiger partial charge in [0, 0.05) is 4.70 Å². The maximum Gasteiger partial charge on any atom is 0.355 e. The molecule has 4 rings (SSSR count). The van der Waals surface area contributed by atoms with E-state index in [-0.39, 0.29) is 33.6 Å². The van der Waals surface area contributed by atoms with Crippen molar-refractivity contribution in [2.75, 3.05) is 6.61 Å². The smallest absolute Gasteiger partial charge is 0.355 e. The molecule has 7 nitrogen and oxygen atoms in total. The molecular weight excluding hydrogens is 647 g/mol. The van der Waals surface area contributed by atoms with Gasteiger partial charge in [0.05, 0.1) is 6.61 Å². The van der Waals surface area contributed by atoms with E-state index >= 15 is 4.39 Å². The average molecular weight is 674 g/mol. The normalized spacial score (nSPS) is 14.4. The van der Waals surface area contributed by atoms with Crippen molar-refractivity contribution in [3.63, 3.8) is 0 Å². The van der Waals surface area contributed by atoms with Gasteiger partial charge in [-0.05, 0) is 53.6 Å². The van der Waals surface area contributed by atoms with Crippen LogP contribution in [0.1, 0.15) is 48.8 Å². The fourth-order valence-corrected chi connectivity index (χ4v) is 6.66. The Kier molecular flexibility index (Phi) is 10.0. The number of para-hydroxylation sites is 1. The number of benzene rings is 3. The maximum absolute atomic E-state index is 16.2. The highest BCUT2D eigenvalue weighted by Crippen LogP contribution is 2.58. The Morgan fingerprint density at radius 2 is 1.51 bits per heavy atom. The van der Waals surface area contributed by atoms with Crippen LogP contribution in [0.3, 0.4) is 0 Å². The second kappa shape index (κ2) is 13.2. The van der Waals surface area contributed by atoms with Crippen LogP contribution in [-0.4, -0.2) is 24.6 Å². The number of halogens is 6. The van der Waals surface area contributed by atoms with Crippen molar-refractivity contribution in [2.24, 2.45) is 5.41 Å². The van der Waals surface area contributed by atoms with E-state index in [1.807, 2.05) is 20.8 Å². The number of hydrogen-bond acceptors (Lipinski definition) is 7. The quantitative estimate of drug-likeness (QED) is 0.0450. The molecule has 1 unspecified atom stereocenters. The van der Waals surface area contributed by atoms with Gasteiger partial charge in [-0.15, -0.1) is 11.3 Å². The van der Waals surface area contributed by atoms with E-state index in [0.717, 1.165) is 17.4 Å². The van der Waals surface area contributed by atoms with Gasteiger partial charge < -0.3 is 14.0 Å². The lowest BCUT2D eigenvalue weighted by molar-refractivity contribution is -0.148. The highest BCUT2D eigenvalue weighted by molar-refractivity contribution is 7.57. The van der Waals surface area contributed by atoms with Crippen molar-refractivity contribution in [1.82, 2.24) is 5.09 Å². The zero-order valence-electron chi connectivity index (χ0n) is 24.1. The van der Waals surface area contributed by atoms with Crippen molar-refractivity contribution >= 4 is 40.9 Å². The molecule has 0 aliphatic rings. The Hall–Kier alpha value is -3.87. The molecule has 0 radical (unpaired) electrons. The maximum atomic E-state index is 16.2. The van der Waals surface area contributed by atoms with Gasteiger partial charge in [-0.1, -0.05) is 45.0 Å². The number of carbonyl (C=O) groups excluding carboxylic acids is 2. The Balaban J connectivity index is 1.62. The van der Waals surface area contributed by atoms with Crippen LogP contribution in [0.5, 0.6) is 11.5 Å². The molecule has 15 heteroatoms. The minimum absolute atomic E-state index is 0.0426. The second-order valence-electron chi connectivity index (χ2n) is 11.1. The number of thiophene rings is 1. The van der Waals surface area contributed by atoms with Crippen LogP contribution in [0.15, 0.2) is 54.6 Å². The first-order valence-electron chi connectivity index (χ1n) is 13.2. The molecule has 0 aliphatic heterocycles. The molecule has 0 saturated heterocycles. The van der Waals surface area contributed by atoms with Gasteiger partial charge in [0.2, 0.25) is 40.7 Å². The van der Waals surface area contributed by atoms with Crippen molar-refractivity contribution in [1.29, 1.82) is 0 Å². The highest BCUT2D eigenvalue weighted by Gasteiger charge is 2.41. The van der Waals surface area contributed by atoms with Gasteiger partial charge in [0.25, 0.3) is 0 Å². The first-order chi connectivity index (χ1) is 21.0. The van der Waals surface area contributed by atoms with E-state index in [9.17, 15) is 36.1 Å². The zero-order chi connectivity index (χ0) is 33.3.